The molecule has 1 N–H and O–H groups in total. The van der Waals surface area contributed by atoms with Crippen molar-refractivity contribution in [1.82, 2.24) is 10.2 Å². The molecule has 1 aromatic carbocycles. The highest BCUT2D eigenvalue weighted by molar-refractivity contribution is 5.88. The molecule has 0 fully saturated rings. The number of hydrogen-bond acceptors (Lipinski definition) is 2. The molecule has 0 unspecified atom stereocenters. The molecule has 0 aromatic heterocycles. The lowest BCUT2D eigenvalue weighted by Gasteiger charge is -2.31. The quantitative estimate of drug-likeness (QED) is 0.908. The average molecular weight is 302 g/mol. The van der Waals surface area contributed by atoms with Gasteiger partial charge < -0.3 is 10.2 Å². The molecule has 1 aliphatic heterocycles. The average Bonchev–Trinajstić information content (AvgIpc) is 2.54. The maximum Gasteiger partial charge on any atom is 0.245 e. The van der Waals surface area contributed by atoms with Crippen LogP contribution in [0.4, 0.5) is 0 Å². The van der Waals surface area contributed by atoms with Crippen LogP contribution in [0.2, 0.25) is 0 Å². The zero-order chi connectivity index (χ0) is 16.1. The summed E-state index contributed by atoms with van der Waals surface area (Å²) in [6.07, 6.45) is 2.50. The van der Waals surface area contributed by atoms with Crippen molar-refractivity contribution in [3.05, 3.63) is 35.4 Å². The number of nitrogens with zero attached hydrogens (tertiary/aromatic N) is 1. The molecular formula is C18H26N2O2. The van der Waals surface area contributed by atoms with Gasteiger partial charge in [0, 0.05) is 19.0 Å². The van der Waals surface area contributed by atoms with Gasteiger partial charge in [0.1, 0.15) is 6.04 Å². The van der Waals surface area contributed by atoms with Crippen molar-refractivity contribution < 1.29 is 9.59 Å². The van der Waals surface area contributed by atoms with Crippen molar-refractivity contribution >= 4 is 11.8 Å². The van der Waals surface area contributed by atoms with Crippen molar-refractivity contribution in [2.45, 2.75) is 52.6 Å². The van der Waals surface area contributed by atoms with Crippen molar-refractivity contribution in [2.24, 2.45) is 5.92 Å². The van der Waals surface area contributed by atoms with E-state index in [9.17, 15) is 9.59 Å². The summed E-state index contributed by atoms with van der Waals surface area (Å²) in [6.45, 7) is 7.15. The smallest absolute Gasteiger partial charge is 0.245 e. The SMILES string of the molecule is CCC(CC)C(=O)N[C@H](C)C(=O)N1CCc2ccccc2C1. The highest BCUT2D eigenvalue weighted by Crippen LogP contribution is 2.19. The van der Waals surface area contributed by atoms with E-state index in [0.29, 0.717) is 6.54 Å². The molecule has 2 rings (SSSR count). The van der Waals surface area contributed by atoms with E-state index in [-0.39, 0.29) is 17.7 Å². The summed E-state index contributed by atoms with van der Waals surface area (Å²) in [5, 5.41) is 2.87. The molecule has 0 aliphatic carbocycles. The van der Waals surface area contributed by atoms with Crippen LogP contribution in [0.1, 0.15) is 44.7 Å². The fourth-order valence-corrected chi connectivity index (χ4v) is 3.01. The fraction of sp³-hybridized carbons (Fsp3) is 0.556. The Kier molecular flexibility index (Phi) is 5.58. The summed E-state index contributed by atoms with van der Waals surface area (Å²) in [6, 6.07) is 7.77. The van der Waals surface area contributed by atoms with E-state index < -0.39 is 6.04 Å². The topological polar surface area (TPSA) is 49.4 Å². The molecule has 1 atom stereocenters. The van der Waals surface area contributed by atoms with Gasteiger partial charge in [-0.05, 0) is 37.3 Å². The Morgan fingerprint density at radius 2 is 1.82 bits per heavy atom. The van der Waals surface area contributed by atoms with Gasteiger partial charge in [-0.25, -0.2) is 0 Å². The fourth-order valence-electron chi connectivity index (χ4n) is 3.01. The number of carbonyl (C=O) groups excluding carboxylic acids is 2. The van der Waals surface area contributed by atoms with E-state index >= 15 is 0 Å². The van der Waals surface area contributed by atoms with Crippen LogP contribution in [-0.2, 0) is 22.6 Å². The normalized spacial score (nSPS) is 15.4. The first-order valence-electron chi connectivity index (χ1n) is 8.22. The molecular weight excluding hydrogens is 276 g/mol. The second-order valence-electron chi connectivity index (χ2n) is 6.02. The van der Waals surface area contributed by atoms with Crippen LogP contribution in [0, 0.1) is 5.92 Å². The molecule has 0 bridgehead atoms. The molecule has 0 saturated carbocycles. The molecule has 0 radical (unpaired) electrons. The molecule has 0 spiro atoms. The van der Waals surface area contributed by atoms with E-state index in [0.717, 1.165) is 25.8 Å². The van der Waals surface area contributed by atoms with E-state index in [1.807, 2.05) is 30.9 Å². The number of rotatable bonds is 5. The van der Waals surface area contributed by atoms with Crippen LogP contribution in [0.25, 0.3) is 0 Å². The van der Waals surface area contributed by atoms with Gasteiger partial charge in [0.2, 0.25) is 11.8 Å². The van der Waals surface area contributed by atoms with Crippen LogP contribution < -0.4 is 5.32 Å². The Bertz CT molecular complexity index is 538. The van der Waals surface area contributed by atoms with E-state index in [2.05, 4.69) is 17.4 Å². The monoisotopic (exact) mass is 302 g/mol. The molecule has 1 aliphatic rings. The van der Waals surface area contributed by atoms with Gasteiger partial charge in [0.25, 0.3) is 0 Å². The highest BCUT2D eigenvalue weighted by atomic mass is 16.2. The van der Waals surface area contributed by atoms with Crippen LogP contribution >= 0.6 is 0 Å². The van der Waals surface area contributed by atoms with Crippen molar-refractivity contribution in [3.63, 3.8) is 0 Å². The minimum absolute atomic E-state index is 0.00247. The summed E-state index contributed by atoms with van der Waals surface area (Å²) in [5.74, 6) is -0.00518. The lowest BCUT2D eigenvalue weighted by atomic mass is 9.99. The molecule has 4 nitrogen and oxygen atoms in total. The largest absolute Gasteiger partial charge is 0.344 e. The maximum absolute atomic E-state index is 12.6. The Labute approximate surface area is 132 Å². The van der Waals surface area contributed by atoms with Gasteiger partial charge in [0.05, 0.1) is 0 Å². The lowest BCUT2D eigenvalue weighted by Crippen LogP contribution is -2.49. The number of fused-ring (bicyclic) bond motifs is 1. The molecule has 0 saturated heterocycles. The molecule has 120 valence electrons. The molecule has 22 heavy (non-hydrogen) atoms. The highest BCUT2D eigenvalue weighted by Gasteiger charge is 2.26. The Morgan fingerprint density at radius 3 is 2.45 bits per heavy atom. The van der Waals surface area contributed by atoms with Crippen LogP contribution in [0.5, 0.6) is 0 Å². The zero-order valence-electron chi connectivity index (χ0n) is 13.8. The van der Waals surface area contributed by atoms with Gasteiger partial charge in [-0.15, -0.1) is 0 Å². The third-order valence-electron chi connectivity index (χ3n) is 4.53. The summed E-state index contributed by atoms with van der Waals surface area (Å²) in [7, 11) is 0. The number of benzene rings is 1. The second-order valence-corrected chi connectivity index (χ2v) is 6.02. The summed E-state index contributed by atoms with van der Waals surface area (Å²) < 4.78 is 0. The number of hydrogen-bond donors (Lipinski definition) is 1. The summed E-state index contributed by atoms with van der Waals surface area (Å²) in [5.41, 5.74) is 2.53. The van der Waals surface area contributed by atoms with Crippen LogP contribution in [0.3, 0.4) is 0 Å². The number of amides is 2. The van der Waals surface area contributed by atoms with E-state index in [4.69, 9.17) is 0 Å². The van der Waals surface area contributed by atoms with Gasteiger partial charge in [-0.1, -0.05) is 38.1 Å². The zero-order valence-corrected chi connectivity index (χ0v) is 13.8. The van der Waals surface area contributed by atoms with Crippen LogP contribution in [-0.4, -0.2) is 29.3 Å². The Hall–Kier alpha value is -1.84. The summed E-state index contributed by atoms with van der Waals surface area (Å²) >= 11 is 0. The number of nitrogens with one attached hydrogen (secondary N) is 1. The predicted molar refractivity (Wildman–Crippen MR) is 87.2 cm³/mol. The Morgan fingerprint density at radius 1 is 1.18 bits per heavy atom. The first-order chi connectivity index (χ1) is 10.6. The summed E-state index contributed by atoms with van der Waals surface area (Å²) in [4.78, 5) is 26.5. The standard InChI is InChI=1S/C18H26N2O2/c1-4-14(5-2)17(21)19-13(3)18(22)20-11-10-15-8-6-7-9-16(15)12-20/h6-9,13-14H,4-5,10-12H2,1-3H3,(H,19,21)/t13-/m1/s1. The van der Waals surface area contributed by atoms with Crippen molar-refractivity contribution in [2.75, 3.05) is 6.54 Å². The third-order valence-corrected chi connectivity index (χ3v) is 4.53. The van der Waals surface area contributed by atoms with Crippen molar-refractivity contribution in [1.29, 1.82) is 0 Å². The maximum atomic E-state index is 12.6. The first kappa shape index (κ1) is 16.5. The molecule has 1 heterocycles. The van der Waals surface area contributed by atoms with Gasteiger partial charge >= 0.3 is 0 Å². The molecule has 1 aromatic rings. The van der Waals surface area contributed by atoms with E-state index in [1.165, 1.54) is 11.1 Å². The second kappa shape index (κ2) is 7.43. The lowest BCUT2D eigenvalue weighted by molar-refractivity contribution is -0.137. The molecule has 2 amide bonds. The third kappa shape index (κ3) is 3.67. The number of carbonyl (C=O) groups is 2. The van der Waals surface area contributed by atoms with Crippen molar-refractivity contribution in [3.8, 4) is 0 Å². The van der Waals surface area contributed by atoms with Gasteiger partial charge in [-0.3, -0.25) is 9.59 Å². The minimum atomic E-state index is -0.460. The van der Waals surface area contributed by atoms with E-state index in [1.54, 1.807) is 6.92 Å². The minimum Gasteiger partial charge on any atom is -0.344 e. The van der Waals surface area contributed by atoms with Gasteiger partial charge in [-0.2, -0.15) is 0 Å². The van der Waals surface area contributed by atoms with Crippen LogP contribution in [0.15, 0.2) is 24.3 Å². The van der Waals surface area contributed by atoms with Gasteiger partial charge in [0.15, 0.2) is 0 Å². The molecule has 4 heteroatoms. The Balaban J connectivity index is 1.96. The first-order valence-corrected chi connectivity index (χ1v) is 8.22. The predicted octanol–water partition coefficient (Wildman–Crippen LogP) is 2.51.